The van der Waals surface area contributed by atoms with Gasteiger partial charge in [0, 0.05) is 0 Å². The lowest BCUT2D eigenvalue weighted by Crippen LogP contribution is -2.59. The Balaban J connectivity index is 1.99. The number of hydrogen-bond acceptors (Lipinski definition) is 1. The minimum atomic E-state index is -4.02. The Morgan fingerprint density at radius 1 is 1.06 bits per heavy atom. The van der Waals surface area contributed by atoms with Crippen molar-refractivity contribution in [1.82, 2.24) is 0 Å². The summed E-state index contributed by atoms with van der Waals surface area (Å²) in [6, 6.07) is 0. The summed E-state index contributed by atoms with van der Waals surface area (Å²) in [4.78, 5) is 0. The van der Waals surface area contributed by atoms with Gasteiger partial charge in [0.25, 0.3) is 0 Å². The molecule has 4 heteroatoms. The van der Waals surface area contributed by atoms with Crippen molar-refractivity contribution in [2.45, 2.75) is 44.7 Å². The molecule has 92 valence electrons. The van der Waals surface area contributed by atoms with Crippen LogP contribution in [0.1, 0.15) is 38.5 Å². The van der Waals surface area contributed by atoms with Crippen LogP contribution < -0.4 is 5.73 Å². The molecule has 0 heterocycles. The van der Waals surface area contributed by atoms with E-state index in [1.54, 1.807) is 0 Å². The highest BCUT2D eigenvalue weighted by Gasteiger charge is 2.66. The molecule has 4 aliphatic rings. The molecule has 0 unspecified atom stereocenters. The van der Waals surface area contributed by atoms with Crippen LogP contribution in [-0.2, 0) is 0 Å². The van der Waals surface area contributed by atoms with Crippen LogP contribution in [0.25, 0.3) is 0 Å². The summed E-state index contributed by atoms with van der Waals surface area (Å²) in [6.45, 7) is 0.442. The van der Waals surface area contributed by atoms with Crippen molar-refractivity contribution in [3.05, 3.63) is 0 Å². The third-order valence-electron chi connectivity index (χ3n) is 5.22. The molecular weight excluding hydrogens is 215 g/mol. The molecule has 2 atom stereocenters. The Morgan fingerprint density at radius 2 is 1.62 bits per heavy atom. The number of hydrogen-bond donors (Lipinski definition) is 1. The van der Waals surface area contributed by atoms with Crippen molar-refractivity contribution in [1.29, 1.82) is 0 Å². The first-order valence-corrected chi connectivity index (χ1v) is 6.15. The van der Waals surface area contributed by atoms with E-state index in [4.69, 9.17) is 5.73 Å². The molecule has 4 fully saturated rings. The van der Waals surface area contributed by atoms with E-state index < -0.39 is 11.6 Å². The predicted octanol–water partition coefficient (Wildman–Crippen LogP) is 3.09. The number of halogens is 3. The van der Waals surface area contributed by atoms with Gasteiger partial charge in [-0.15, -0.1) is 0 Å². The van der Waals surface area contributed by atoms with Crippen molar-refractivity contribution in [3.63, 3.8) is 0 Å². The molecule has 1 nitrogen and oxygen atoms in total. The summed E-state index contributed by atoms with van der Waals surface area (Å²) in [5.74, 6) is 0.567. The maximum Gasteiger partial charge on any atom is 0.394 e. The second-order valence-corrected chi connectivity index (χ2v) is 6.44. The summed E-state index contributed by atoms with van der Waals surface area (Å²) in [5, 5.41) is 0. The fourth-order valence-corrected chi connectivity index (χ4v) is 5.02. The van der Waals surface area contributed by atoms with Crippen LogP contribution in [0.2, 0.25) is 0 Å². The molecule has 16 heavy (non-hydrogen) atoms. The lowest BCUT2D eigenvalue weighted by molar-refractivity contribution is -0.285. The standard InChI is InChI=1S/C12H18F3N/c13-12(14,15)11-4-8-1-9(5-11)3-10(2-8,6-11)7-16/h8-9H,1-7,16H2/t8-,9-,10?,11?/m0/s1. The molecule has 0 radical (unpaired) electrons. The highest BCUT2D eigenvalue weighted by molar-refractivity contribution is 5.10. The van der Waals surface area contributed by atoms with Crippen molar-refractivity contribution >= 4 is 0 Å². The minimum Gasteiger partial charge on any atom is -0.330 e. The van der Waals surface area contributed by atoms with Crippen molar-refractivity contribution in [2.24, 2.45) is 28.4 Å². The highest BCUT2D eigenvalue weighted by atomic mass is 19.4. The average Bonchev–Trinajstić information content (AvgIpc) is 2.14. The SMILES string of the molecule is NCC12C[C@@H]3C[C@@H](C1)CC(C(F)(F)F)(C3)C2. The molecule has 4 rings (SSSR count). The first-order chi connectivity index (χ1) is 7.38. The number of nitrogens with two attached hydrogens (primary N) is 1. The second kappa shape index (κ2) is 2.95. The third-order valence-corrected chi connectivity index (χ3v) is 5.22. The number of alkyl halides is 3. The topological polar surface area (TPSA) is 26.0 Å². The normalized spacial score (nSPS) is 51.0. The Hall–Kier alpha value is -0.250. The molecular formula is C12H18F3N. The van der Waals surface area contributed by atoms with E-state index in [1.807, 2.05) is 0 Å². The van der Waals surface area contributed by atoms with Crippen molar-refractivity contribution in [3.8, 4) is 0 Å². The van der Waals surface area contributed by atoms with Gasteiger partial charge in [-0.25, -0.2) is 0 Å². The zero-order valence-corrected chi connectivity index (χ0v) is 9.32. The molecule has 4 bridgehead atoms. The monoisotopic (exact) mass is 233 g/mol. The van der Waals surface area contributed by atoms with Gasteiger partial charge in [-0.05, 0) is 62.3 Å². The zero-order valence-electron chi connectivity index (χ0n) is 9.32. The number of rotatable bonds is 1. The van der Waals surface area contributed by atoms with Crippen LogP contribution in [0.15, 0.2) is 0 Å². The summed E-state index contributed by atoms with van der Waals surface area (Å²) < 4.78 is 39.8. The van der Waals surface area contributed by atoms with E-state index in [2.05, 4.69) is 0 Å². The van der Waals surface area contributed by atoms with E-state index in [0.717, 1.165) is 19.3 Å². The molecule has 0 amide bonds. The maximum absolute atomic E-state index is 13.3. The average molecular weight is 233 g/mol. The van der Waals surface area contributed by atoms with Gasteiger partial charge in [0.2, 0.25) is 0 Å². The first-order valence-electron chi connectivity index (χ1n) is 6.15. The predicted molar refractivity (Wildman–Crippen MR) is 54.7 cm³/mol. The van der Waals surface area contributed by atoms with E-state index in [1.165, 1.54) is 0 Å². The van der Waals surface area contributed by atoms with Gasteiger partial charge in [0.05, 0.1) is 5.41 Å². The summed E-state index contributed by atoms with van der Waals surface area (Å²) in [5.41, 5.74) is 4.20. The van der Waals surface area contributed by atoms with Crippen LogP contribution in [0, 0.1) is 22.7 Å². The van der Waals surface area contributed by atoms with E-state index in [0.29, 0.717) is 25.8 Å². The molecule has 0 aromatic rings. The van der Waals surface area contributed by atoms with Crippen LogP contribution in [-0.4, -0.2) is 12.7 Å². The van der Waals surface area contributed by atoms with Crippen molar-refractivity contribution < 1.29 is 13.2 Å². The van der Waals surface area contributed by atoms with Gasteiger partial charge < -0.3 is 5.73 Å². The zero-order chi connectivity index (χ0) is 11.6. The minimum absolute atomic E-state index is 0.181. The van der Waals surface area contributed by atoms with Crippen LogP contribution >= 0.6 is 0 Å². The lowest BCUT2D eigenvalue weighted by atomic mass is 9.44. The van der Waals surface area contributed by atoms with E-state index in [9.17, 15) is 13.2 Å². The fraction of sp³-hybridized carbons (Fsp3) is 1.00. The molecule has 2 N–H and O–H groups in total. The molecule has 0 aromatic heterocycles. The highest BCUT2D eigenvalue weighted by Crippen LogP contribution is 2.69. The maximum atomic E-state index is 13.3. The third kappa shape index (κ3) is 1.28. The Kier molecular flexibility index (Phi) is 2.00. The van der Waals surface area contributed by atoms with Gasteiger partial charge in [0.1, 0.15) is 0 Å². The molecule has 4 aliphatic carbocycles. The molecule has 0 aromatic carbocycles. The van der Waals surface area contributed by atoms with E-state index >= 15 is 0 Å². The van der Waals surface area contributed by atoms with Gasteiger partial charge >= 0.3 is 6.18 Å². The van der Waals surface area contributed by atoms with Crippen molar-refractivity contribution in [2.75, 3.05) is 6.54 Å². The molecule has 0 saturated heterocycles. The molecule has 0 aliphatic heterocycles. The van der Waals surface area contributed by atoms with Gasteiger partial charge in [0.15, 0.2) is 0 Å². The summed E-state index contributed by atoms with van der Waals surface area (Å²) in [7, 11) is 0. The summed E-state index contributed by atoms with van der Waals surface area (Å²) >= 11 is 0. The molecule has 0 spiro atoms. The lowest BCUT2D eigenvalue weighted by Gasteiger charge is -2.62. The van der Waals surface area contributed by atoms with Crippen LogP contribution in [0.4, 0.5) is 13.2 Å². The first kappa shape index (κ1) is 10.9. The second-order valence-electron chi connectivity index (χ2n) is 6.44. The Morgan fingerprint density at radius 3 is 2.06 bits per heavy atom. The Labute approximate surface area is 93.6 Å². The van der Waals surface area contributed by atoms with Gasteiger partial charge in [-0.2, -0.15) is 13.2 Å². The fourth-order valence-electron chi connectivity index (χ4n) is 5.02. The van der Waals surface area contributed by atoms with Crippen LogP contribution in [0.5, 0.6) is 0 Å². The van der Waals surface area contributed by atoms with Gasteiger partial charge in [-0.3, -0.25) is 0 Å². The smallest absolute Gasteiger partial charge is 0.330 e. The molecule has 4 saturated carbocycles. The quantitative estimate of drug-likeness (QED) is 0.740. The van der Waals surface area contributed by atoms with Crippen LogP contribution in [0.3, 0.4) is 0 Å². The largest absolute Gasteiger partial charge is 0.394 e. The van der Waals surface area contributed by atoms with Gasteiger partial charge in [-0.1, -0.05) is 0 Å². The summed E-state index contributed by atoms with van der Waals surface area (Å²) in [6.07, 6.45) is -0.0864. The van der Waals surface area contributed by atoms with E-state index in [-0.39, 0.29) is 17.3 Å². The Bertz CT molecular complexity index is 296.